The molecule has 0 radical (unpaired) electrons. The Labute approximate surface area is 111 Å². The van der Waals surface area contributed by atoms with Gasteiger partial charge in [-0.1, -0.05) is 20.8 Å². The second-order valence-electron chi connectivity index (χ2n) is 5.91. The Hall–Kier alpha value is -0.610. The summed E-state index contributed by atoms with van der Waals surface area (Å²) in [7, 11) is 0. The van der Waals surface area contributed by atoms with Gasteiger partial charge in [-0.15, -0.1) is 0 Å². The maximum atomic E-state index is 12.0. The molecule has 4 nitrogen and oxygen atoms in total. The summed E-state index contributed by atoms with van der Waals surface area (Å²) in [4.78, 5) is 13.9. The zero-order valence-electron chi connectivity index (χ0n) is 12.4. The molecule has 1 saturated heterocycles. The van der Waals surface area contributed by atoms with Gasteiger partial charge in [0, 0.05) is 26.2 Å². The number of likely N-dealkylation sites (tertiary alicyclic amines) is 1. The lowest BCUT2D eigenvalue weighted by Gasteiger charge is -2.28. The monoisotopic (exact) mass is 257 g/mol. The number of hydrogen-bond acceptors (Lipinski definition) is 3. The smallest absolute Gasteiger partial charge is 0.223 e. The number of nitrogens with zero attached hydrogens (tertiary/aromatic N) is 1. The van der Waals surface area contributed by atoms with Crippen LogP contribution in [0.4, 0.5) is 0 Å². The molecule has 0 aromatic carbocycles. The first-order chi connectivity index (χ1) is 8.38. The van der Waals surface area contributed by atoms with Crippen LogP contribution < -0.4 is 0 Å². The maximum Gasteiger partial charge on any atom is 0.223 e. The van der Waals surface area contributed by atoms with Crippen LogP contribution in [0.3, 0.4) is 0 Å². The van der Waals surface area contributed by atoms with Crippen molar-refractivity contribution in [2.24, 2.45) is 11.3 Å². The summed E-state index contributed by atoms with van der Waals surface area (Å²) in [6, 6.07) is 0. The van der Waals surface area contributed by atoms with E-state index in [9.17, 15) is 4.79 Å². The van der Waals surface area contributed by atoms with E-state index in [1.54, 1.807) is 0 Å². The fourth-order valence-corrected chi connectivity index (χ4v) is 2.23. The van der Waals surface area contributed by atoms with E-state index >= 15 is 0 Å². The van der Waals surface area contributed by atoms with Crippen molar-refractivity contribution in [1.29, 1.82) is 0 Å². The number of carbonyl (C=O) groups excluding carboxylic acids is 1. The predicted octanol–water partition coefficient (Wildman–Crippen LogP) is 2.28. The van der Waals surface area contributed by atoms with Crippen LogP contribution in [0.2, 0.25) is 0 Å². The molecule has 1 aliphatic rings. The summed E-state index contributed by atoms with van der Waals surface area (Å²) < 4.78 is 11.0. The third-order valence-electron chi connectivity index (χ3n) is 3.51. The Bertz CT molecular complexity index is 267. The predicted molar refractivity (Wildman–Crippen MR) is 71.2 cm³/mol. The molecule has 0 N–H and O–H groups in total. The molecular formula is C14H27NO3. The summed E-state index contributed by atoms with van der Waals surface area (Å²) in [5, 5.41) is 0. The quantitative estimate of drug-likeness (QED) is 0.685. The van der Waals surface area contributed by atoms with Crippen LogP contribution in [0.1, 0.15) is 41.0 Å². The number of hydrogen-bond donors (Lipinski definition) is 0. The van der Waals surface area contributed by atoms with Gasteiger partial charge in [0.2, 0.25) is 5.91 Å². The van der Waals surface area contributed by atoms with Crippen molar-refractivity contribution in [1.82, 2.24) is 4.90 Å². The molecule has 18 heavy (non-hydrogen) atoms. The van der Waals surface area contributed by atoms with E-state index in [0.29, 0.717) is 32.1 Å². The van der Waals surface area contributed by atoms with Gasteiger partial charge in [0.05, 0.1) is 6.54 Å². The largest absolute Gasteiger partial charge is 0.351 e. The van der Waals surface area contributed by atoms with Crippen molar-refractivity contribution in [3.05, 3.63) is 0 Å². The molecule has 1 rings (SSSR count). The molecular weight excluding hydrogens is 230 g/mol. The van der Waals surface area contributed by atoms with E-state index in [1.165, 1.54) is 0 Å². The van der Waals surface area contributed by atoms with Crippen LogP contribution in [0.5, 0.6) is 0 Å². The molecule has 4 heteroatoms. The minimum atomic E-state index is -0.289. The second kappa shape index (κ2) is 6.53. The van der Waals surface area contributed by atoms with Gasteiger partial charge in [0.1, 0.15) is 0 Å². The Kier molecular flexibility index (Phi) is 5.60. The van der Waals surface area contributed by atoms with Crippen LogP contribution in [0, 0.1) is 11.3 Å². The maximum absolute atomic E-state index is 12.0. The molecule has 1 amide bonds. The SMILES string of the molecule is CCOC(CN1CC(C(C)(C)C)CC1=O)OCC. The minimum Gasteiger partial charge on any atom is -0.351 e. The zero-order valence-corrected chi connectivity index (χ0v) is 12.4. The van der Waals surface area contributed by atoms with E-state index in [4.69, 9.17) is 9.47 Å². The van der Waals surface area contributed by atoms with E-state index in [0.717, 1.165) is 6.54 Å². The number of rotatable bonds is 6. The highest BCUT2D eigenvalue weighted by atomic mass is 16.7. The molecule has 0 saturated carbocycles. The van der Waals surface area contributed by atoms with Crippen LogP contribution in [0.25, 0.3) is 0 Å². The number of carbonyl (C=O) groups is 1. The van der Waals surface area contributed by atoms with E-state index < -0.39 is 0 Å². The standard InChI is InChI=1S/C14H27NO3/c1-6-17-13(18-7-2)10-15-9-11(8-12(15)16)14(3,4)5/h11,13H,6-10H2,1-5H3. The lowest BCUT2D eigenvalue weighted by molar-refractivity contribution is -0.155. The topological polar surface area (TPSA) is 38.8 Å². The molecule has 0 bridgehead atoms. The molecule has 0 aromatic rings. The van der Waals surface area contributed by atoms with Gasteiger partial charge in [-0.05, 0) is 25.2 Å². The third kappa shape index (κ3) is 4.25. The number of ether oxygens (including phenoxy) is 2. The first kappa shape index (κ1) is 15.4. The normalized spacial score (nSPS) is 21.1. The van der Waals surface area contributed by atoms with Gasteiger partial charge < -0.3 is 14.4 Å². The van der Waals surface area contributed by atoms with E-state index in [-0.39, 0.29) is 17.6 Å². The Morgan fingerprint density at radius 3 is 2.22 bits per heavy atom. The van der Waals surface area contributed by atoms with Gasteiger partial charge in [-0.3, -0.25) is 4.79 Å². The summed E-state index contributed by atoms with van der Waals surface area (Å²) >= 11 is 0. The van der Waals surface area contributed by atoms with Crippen molar-refractivity contribution >= 4 is 5.91 Å². The molecule has 1 fully saturated rings. The molecule has 106 valence electrons. The molecule has 0 aromatic heterocycles. The average molecular weight is 257 g/mol. The minimum absolute atomic E-state index is 0.178. The molecule has 1 aliphatic heterocycles. The highest BCUT2D eigenvalue weighted by Crippen LogP contribution is 2.34. The van der Waals surface area contributed by atoms with Crippen molar-refractivity contribution in [3.63, 3.8) is 0 Å². The highest BCUT2D eigenvalue weighted by Gasteiger charge is 2.37. The Balaban J connectivity index is 2.54. The van der Waals surface area contributed by atoms with Gasteiger partial charge in [0.15, 0.2) is 6.29 Å². The lowest BCUT2D eigenvalue weighted by atomic mass is 9.80. The van der Waals surface area contributed by atoms with Crippen LogP contribution in [-0.4, -0.2) is 43.4 Å². The molecule has 1 heterocycles. The van der Waals surface area contributed by atoms with Crippen molar-refractivity contribution < 1.29 is 14.3 Å². The third-order valence-corrected chi connectivity index (χ3v) is 3.51. The van der Waals surface area contributed by atoms with Gasteiger partial charge in [-0.25, -0.2) is 0 Å². The summed E-state index contributed by atoms with van der Waals surface area (Å²) in [5.41, 5.74) is 0.178. The first-order valence-corrected chi connectivity index (χ1v) is 6.89. The molecule has 1 atom stereocenters. The van der Waals surface area contributed by atoms with Gasteiger partial charge in [-0.2, -0.15) is 0 Å². The molecule has 0 aliphatic carbocycles. The fraction of sp³-hybridized carbons (Fsp3) is 0.929. The highest BCUT2D eigenvalue weighted by molar-refractivity contribution is 5.78. The second-order valence-corrected chi connectivity index (χ2v) is 5.91. The van der Waals surface area contributed by atoms with Crippen LogP contribution >= 0.6 is 0 Å². The summed E-state index contributed by atoms with van der Waals surface area (Å²) in [6.07, 6.45) is 0.358. The summed E-state index contributed by atoms with van der Waals surface area (Å²) in [5.74, 6) is 0.647. The van der Waals surface area contributed by atoms with Crippen molar-refractivity contribution in [3.8, 4) is 0 Å². The molecule has 1 unspecified atom stereocenters. The Morgan fingerprint density at radius 1 is 1.28 bits per heavy atom. The van der Waals surface area contributed by atoms with Crippen LogP contribution in [-0.2, 0) is 14.3 Å². The first-order valence-electron chi connectivity index (χ1n) is 6.89. The van der Waals surface area contributed by atoms with Gasteiger partial charge in [0.25, 0.3) is 0 Å². The molecule has 0 spiro atoms. The van der Waals surface area contributed by atoms with E-state index in [2.05, 4.69) is 20.8 Å². The Morgan fingerprint density at radius 2 is 1.83 bits per heavy atom. The van der Waals surface area contributed by atoms with Crippen molar-refractivity contribution in [2.45, 2.75) is 47.3 Å². The van der Waals surface area contributed by atoms with E-state index in [1.807, 2.05) is 18.7 Å². The number of amides is 1. The van der Waals surface area contributed by atoms with Crippen molar-refractivity contribution in [2.75, 3.05) is 26.3 Å². The summed E-state index contributed by atoms with van der Waals surface area (Å²) in [6.45, 7) is 13.0. The lowest BCUT2D eigenvalue weighted by Crippen LogP contribution is -2.37. The van der Waals surface area contributed by atoms with Gasteiger partial charge >= 0.3 is 0 Å². The average Bonchev–Trinajstić information content (AvgIpc) is 2.61. The van der Waals surface area contributed by atoms with Crippen LogP contribution in [0.15, 0.2) is 0 Å². The fourth-order valence-electron chi connectivity index (χ4n) is 2.23. The zero-order chi connectivity index (χ0) is 13.8.